The van der Waals surface area contributed by atoms with Crippen LogP contribution in [-0.2, 0) is 22.7 Å². The highest BCUT2D eigenvalue weighted by Gasteiger charge is 2.33. The Labute approximate surface area is 173 Å². The van der Waals surface area contributed by atoms with Crippen molar-refractivity contribution in [2.24, 2.45) is 4.99 Å². The Morgan fingerprint density at radius 3 is 2.41 bits per heavy atom. The van der Waals surface area contributed by atoms with Crippen LogP contribution >= 0.6 is 24.0 Å². The van der Waals surface area contributed by atoms with Crippen molar-refractivity contribution < 1.29 is 26.0 Å². The highest BCUT2D eigenvalue weighted by molar-refractivity contribution is 14.0. The summed E-state index contributed by atoms with van der Waals surface area (Å²) in [6.45, 7) is 2.59. The average Bonchev–Trinajstić information content (AvgIpc) is 2.51. The molecule has 0 saturated carbocycles. The predicted octanol–water partition coefficient (Wildman–Crippen LogP) is 2.46. The lowest BCUT2D eigenvalue weighted by molar-refractivity contribution is -0.138. The van der Waals surface area contributed by atoms with E-state index in [1.165, 1.54) is 0 Å². The minimum Gasteiger partial charge on any atom is -0.357 e. The van der Waals surface area contributed by atoms with E-state index in [0.29, 0.717) is 25.6 Å². The first kappa shape index (κ1) is 25.9. The van der Waals surface area contributed by atoms with Gasteiger partial charge >= 0.3 is 6.18 Å². The third kappa shape index (κ3) is 10.7. The number of halogens is 5. The van der Waals surface area contributed by atoms with Gasteiger partial charge in [-0.3, -0.25) is 0 Å². The molecule has 6 nitrogen and oxygen atoms in total. The van der Waals surface area contributed by atoms with E-state index in [0.717, 1.165) is 18.4 Å². The maximum Gasteiger partial charge on any atom is 0.416 e. The van der Waals surface area contributed by atoms with Gasteiger partial charge in [0.1, 0.15) is 5.82 Å². The molecule has 0 aliphatic heterocycles. The maximum absolute atomic E-state index is 13.1. The number of sulfonamides is 1. The van der Waals surface area contributed by atoms with Crippen LogP contribution in [0.2, 0.25) is 0 Å². The average molecular weight is 526 g/mol. The fraction of sp³-hybridized carbons (Fsp3) is 0.533. The lowest BCUT2D eigenvalue weighted by Crippen LogP contribution is -2.38. The third-order valence-corrected chi connectivity index (χ3v) is 3.87. The number of hydrogen-bond acceptors (Lipinski definition) is 3. The fourth-order valence-electron chi connectivity index (χ4n) is 2.01. The van der Waals surface area contributed by atoms with Gasteiger partial charge in [-0.25, -0.2) is 22.5 Å². The molecule has 0 fully saturated rings. The first-order chi connectivity index (χ1) is 12.0. The van der Waals surface area contributed by atoms with E-state index in [4.69, 9.17) is 0 Å². The molecule has 1 rings (SSSR count). The SMILES string of the molecule is CCNC(=NCc1ccc(F)cc1C(F)(F)F)NCCCNS(C)(=O)=O.I. The Kier molecular flexibility index (Phi) is 11.1. The van der Waals surface area contributed by atoms with Crippen molar-refractivity contribution in [2.75, 3.05) is 25.9 Å². The zero-order valence-electron chi connectivity index (χ0n) is 14.9. The molecule has 0 radical (unpaired) electrons. The molecular weight excluding hydrogens is 503 g/mol. The number of hydrogen-bond donors (Lipinski definition) is 3. The largest absolute Gasteiger partial charge is 0.416 e. The summed E-state index contributed by atoms with van der Waals surface area (Å²) in [6.07, 6.45) is -3.16. The van der Waals surface area contributed by atoms with E-state index >= 15 is 0 Å². The van der Waals surface area contributed by atoms with Crippen LogP contribution in [0, 0.1) is 5.82 Å². The van der Waals surface area contributed by atoms with Gasteiger partial charge in [-0.05, 0) is 31.0 Å². The minimum absolute atomic E-state index is 0. The monoisotopic (exact) mass is 526 g/mol. The minimum atomic E-state index is -4.67. The highest BCUT2D eigenvalue weighted by Crippen LogP contribution is 2.32. The van der Waals surface area contributed by atoms with Gasteiger partial charge in [0.25, 0.3) is 0 Å². The molecular formula is C15H23F4IN4O2S. The number of rotatable bonds is 8. The number of benzene rings is 1. The Hall–Kier alpha value is -1.15. The van der Waals surface area contributed by atoms with Crippen LogP contribution < -0.4 is 15.4 Å². The summed E-state index contributed by atoms with van der Waals surface area (Å²) >= 11 is 0. The number of aliphatic imine (C=N–C) groups is 1. The quantitative estimate of drug-likeness (QED) is 0.160. The van der Waals surface area contributed by atoms with Gasteiger partial charge in [-0.1, -0.05) is 6.07 Å². The van der Waals surface area contributed by atoms with Gasteiger partial charge in [0.15, 0.2) is 5.96 Å². The molecule has 0 saturated heterocycles. The van der Waals surface area contributed by atoms with E-state index in [2.05, 4.69) is 20.3 Å². The van der Waals surface area contributed by atoms with E-state index in [1.54, 1.807) is 6.92 Å². The summed E-state index contributed by atoms with van der Waals surface area (Å²) in [5.74, 6) is -0.683. The van der Waals surface area contributed by atoms with Crippen LogP contribution in [0.15, 0.2) is 23.2 Å². The predicted molar refractivity (Wildman–Crippen MR) is 107 cm³/mol. The summed E-state index contributed by atoms with van der Waals surface area (Å²) in [7, 11) is -3.26. The number of nitrogens with zero attached hydrogens (tertiary/aromatic N) is 1. The molecule has 0 aliphatic carbocycles. The summed E-state index contributed by atoms with van der Waals surface area (Å²) < 4.78 is 76.3. The van der Waals surface area contributed by atoms with Gasteiger partial charge in [0, 0.05) is 19.6 Å². The summed E-state index contributed by atoms with van der Waals surface area (Å²) in [5, 5.41) is 5.77. The molecule has 0 amide bonds. The van der Waals surface area contributed by atoms with Crippen LogP contribution in [0.5, 0.6) is 0 Å². The van der Waals surface area contributed by atoms with Gasteiger partial charge in [0.05, 0.1) is 18.4 Å². The first-order valence-corrected chi connectivity index (χ1v) is 9.74. The van der Waals surface area contributed by atoms with Crippen molar-refractivity contribution in [3.8, 4) is 0 Å². The van der Waals surface area contributed by atoms with E-state index in [-0.39, 0.29) is 48.6 Å². The van der Waals surface area contributed by atoms with Gasteiger partial charge in [-0.15, -0.1) is 24.0 Å². The zero-order chi connectivity index (χ0) is 19.8. The molecule has 156 valence electrons. The Bertz CT molecular complexity index is 727. The van der Waals surface area contributed by atoms with Crippen molar-refractivity contribution >= 4 is 40.0 Å². The van der Waals surface area contributed by atoms with Crippen LogP contribution in [0.1, 0.15) is 24.5 Å². The molecule has 27 heavy (non-hydrogen) atoms. The molecule has 0 unspecified atom stereocenters. The van der Waals surface area contributed by atoms with Crippen molar-refractivity contribution in [3.05, 3.63) is 35.1 Å². The maximum atomic E-state index is 13.1. The summed E-state index contributed by atoms with van der Waals surface area (Å²) in [6, 6.07) is 2.46. The normalized spacial score (nSPS) is 12.4. The highest BCUT2D eigenvalue weighted by atomic mass is 127. The second kappa shape index (κ2) is 11.6. The number of nitrogens with one attached hydrogen (secondary N) is 3. The summed E-state index contributed by atoms with van der Waals surface area (Å²) in [4.78, 5) is 4.07. The Morgan fingerprint density at radius 2 is 1.85 bits per heavy atom. The van der Waals surface area contributed by atoms with Crippen LogP contribution in [0.25, 0.3) is 0 Å². The smallest absolute Gasteiger partial charge is 0.357 e. The van der Waals surface area contributed by atoms with Crippen molar-refractivity contribution in [1.29, 1.82) is 0 Å². The number of alkyl halides is 3. The van der Waals surface area contributed by atoms with Crippen molar-refractivity contribution in [3.63, 3.8) is 0 Å². The Balaban J connectivity index is 0.00000676. The molecule has 1 aromatic carbocycles. The second-order valence-corrected chi connectivity index (χ2v) is 7.27. The zero-order valence-corrected chi connectivity index (χ0v) is 18.0. The van der Waals surface area contributed by atoms with Gasteiger partial charge in [0.2, 0.25) is 10.0 Å². The molecule has 1 aromatic rings. The second-order valence-electron chi connectivity index (χ2n) is 5.44. The van der Waals surface area contributed by atoms with E-state index in [1.807, 2.05) is 0 Å². The topological polar surface area (TPSA) is 82.6 Å². The van der Waals surface area contributed by atoms with Gasteiger partial charge < -0.3 is 10.6 Å². The molecule has 0 aromatic heterocycles. The molecule has 0 atom stereocenters. The Morgan fingerprint density at radius 1 is 1.19 bits per heavy atom. The first-order valence-electron chi connectivity index (χ1n) is 7.85. The lowest BCUT2D eigenvalue weighted by atomic mass is 10.1. The van der Waals surface area contributed by atoms with Crippen molar-refractivity contribution in [1.82, 2.24) is 15.4 Å². The molecule has 3 N–H and O–H groups in total. The molecule has 12 heteroatoms. The molecule has 0 bridgehead atoms. The molecule has 0 aliphatic rings. The fourth-order valence-corrected chi connectivity index (χ4v) is 2.52. The third-order valence-electron chi connectivity index (χ3n) is 3.14. The van der Waals surface area contributed by atoms with Crippen LogP contribution in [0.3, 0.4) is 0 Å². The van der Waals surface area contributed by atoms with Crippen molar-refractivity contribution in [2.45, 2.75) is 26.1 Å². The lowest BCUT2D eigenvalue weighted by Gasteiger charge is -2.14. The number of guanidine groups is 1. The molecule has 0 heterocycles. The van der Waals surface area contributed by atoms with Gasteiger partial charge in [-0.2, -0.15) is 13.2 Å². The van der Waals surface area contributed by atoms with E-state index < -0.39 is 27.6 Å². The molecule has 0 spiro atoms. The van der Waals surface area contributed by atoms with E-state index in [9.17, 15) is 26.0 Å². The van der Waals surface area contributed by atoms with Crippen LogP contribution in [0.4, 0.5) is 17.6 Å². The standard InChI is InChI=1S/C15H22F4N4O2S.HI/c1-3-20-14(21-7-4-8-23-26(2,24)25)22-10-11-5-6-12(16)9-13(11)15(17,18)19;/h5-6,9,23H,3-4,7-8,10H2,1-2H3,(H2,20,21,22);1H. The van der Waals surface area contributed by atoms with Crippen LogP contribution in [-0.4, -0.2) is 40.3 Å². The summed E-state index contributed by atoms with van der Waals surface area (Å²) in [5.41, 5.74) is -1.20.